The lowest BCUT2D eigenvalue weighted by atomic mass is 9.76. The highest BCUT2D eigenvalue weighted by molar-refractivity contribution is 6.14. The highest BCUT2D eigenvalue weighted by Gasteiger charge is 2.40. The summed E-state index contributed by atoms with van der Waals surface area (Å²) in [7, 11) is 1.74. The number of nitrogens with two attached hydrogens (primary N) is 2. The van der Waals surface area contributed by atoms with Crippen molar-refractivity contribution < 1.29 is 4.39 Å². The third-order valence-corrected chi connectivity index (χ3v) is 5.59. The van der Waals surface area contributed by atoms with E-state index in [4.69, 9.17) is 16.9 Å². The number of amidine groups is 1. The summed E-state index contributed by atoms with van der Waals surface area (Å²) in [5.41, 5.74) is 14.3. The Hall–Kier alpha value is -2.28. The second-order valence-electron chi connectivity index (χ2n) is 6.93. The maximum Gasteiger partial charge on any atom is 0.132 e. The van der Waals surface area contributed by atoms with Gasteiger partial charge in [-0.2, -0.15) is 0 Å². The molecule has 0 amide bonds. The topological polar surface area (TPSA) is 107 Å². The molecule has 128 valence electrons. The van der Waals surface area contributed by atoms with Crippen molar-refractivity contribution in [2.75, 3.05) is 24.6 Å². The fraction of sp³-hybridized carbons (Fsp3) is 0.471. The lowest BCUT2D eigenvalue weighted by Crippen LogP contribution is -2.58. The Morgan fingerprint density at radius 1 is 1.42 bits per heavy atom. The number of nitrogens with one attached hydrogen (secondary N) is 3. The van der Waals surface area contributed by atoms with Crippen LogP contribution in [0.3, 0.4) is 0 Å². The minimum Gasteiger partial charge on any atom is -0.386 e. The summed E-state index contributed by atoms with van der Waals surface area (Å²) in [6.45, 7) is 0.783. The molecule has 6 nitrogen and oxygen atoms in total. The van der Waals surface area contributed by atoms with E-state index in [0.717, 1.165) is 31.3 Å². The average Bonchev–Trinajstić information content (AvgIpc) is 2.89. The second kappa shape index (κ2) is 5.37. The van der Waals surface area contributed by atoms with Gasteiger partial charge in [0.2, 0.25) is 0 Å². The predicted molar refractivity (Wildman–Crippen MR) is 94.9 cm³/mol. The number of halogens is 1. The van der Waals surface area contributed by atoms with Crippen LogP contribution >= 0.6 is 0 Å². The first-order valence-corrected chi connectivity index (χ1v) is 8.39. The van der Waals surface area contributed by atoms with E-state index in [1.54, 1.807) is 7.05 Å². The molecule has 1 aromatic heterocycles. The molecule has 2 bridgehead atoms. The van der Waals surface area contributed by atoms with Crippen molar-refractivity contribution in [1.29, 1.82) is 5.41 Å². The number of fused-ring (bicyclic) bond motifs is 4. The normalized spacial score (nSPS) is 26.1. The molecule has 1 saturated carbocycles. The van der Waals surface area contributed by atoms with Gasteiger partial charge in [0.1, 0.15) is 17.5 Å². The van der Waals surface area contributed by atoms with Crippen molar-refractivity contribution in [2.24, 2.45) is 11.7 Å². The molecule has 7 heteroatoms. The maximum absolute atomic E-state index is 14.0. The summed E-state index contributed by atoms with van der Waals surface area (Å²) in [4.78, 5) is 5.20. The molecule has 2 saturated heterocycles. The number of aromatic amines is 1. The molecule has 0 spiro atoms. The Morgan fingerprint density at radius 2 is 2.21 bits per heavy atom. The SMILES string of the molecule is CNc1cc(F)cc2c(C(=N)N3CC4CCC3CC4N)c(N)[nH]c12. The quantitative estimate of drug-likeness (QED) is 0.429. The lowest BCUT2D eigenvalue weighted by molar-refractivity contribution is 0.0894. The minimum absolute atomic E-state index is 0.224. The van der Waals surface area contributed by atoms with Gasteiger partial charge >= 0.3 is 0 Å². The van der Waals surface area contributed by atoms with E-state index < -0.39 is 0 Å². The molecule has 5 rings (SSSR count). The van der Waals surface area contributed by atoms with Crippen LogP contribution in [0.1, 0.15) is 24.8 Å². The monoisotopic (exact) mass is 330 g/mol. The van der Waals surface area contributed by atoms with E-state index in [-0.39, 0.29) is 17.9 Å². The average molecular weight is 330 g/mol. The van der Waals surface area contributed by atoms with Crippen LogP contribution in [-0.2, 0) is 0 Å². The van der Waals surface area contributed by atoms with Crippen molar-refractivity contribution in [1.82, 2.24) is 9.88 Å². The Kier molecular flexibility index (Phi) is 3.42. The van der Waals surface area contributed by atoms with Gasteiger partial charge in [0.15, 0.2) is 0 Å². The summed E-state index contributed by atoms with van der Waals surface area (Å²) >= 11 is 0. The molecular weight excluding hydrogens is 307 g/mol. The maximum atomic E-state index is 14.0. The summed E-state index contributed by atoms with van der Waals surface area (Å²) in [6, 6.07) is 3.37. The minimum atomic E-state index is -0.345. The Morgan fingerprint density at radius 3 is 2.83 bits per heavy atom. The van der Waals surface area contributed by atoms with E-state index in [1.807, 2.05) is 0 Å². The third-order valence-electron chi connectivity index (χ3n) is 5.59. The first-order chi connectivity index (χ1) is 11.5. The van der Waals surface area contributed by atoms with Crippen LogP contribution in [0.25, 0.3) is 10.9 Å². The number of nitrogens with zero attached hydrogens (tertiary/aromatic N) is 1. The fourth-order valence-electron chi connectivity index (χ4n) is 4.31. The van der Waals surface area contributed by atoms with E-state index in [0.29, 0.717) is 34.2 Å². The largest absolute Gasteiger partial charge is 0.386 e. The molecule has 0 radical (unpaired) electrons. The number of anilines is 2. The van der Waals surface area contributed by atoms with Crippen LogP contribution in [0.2, 0.25) is 0 Å². The molecule has 3 heterocycles. The van der Waals surface area contributed by atoms with Gasteiger partial charge in [0, 0.05) is 31.1 Å². The number of hydrogen-bond acceptors (Lipinski definition) is 4. The fourth-order valence-corrected chi connectivity index (χ4v) is 4.31. The van der Waals surface area contributed by atoms with Crippen LogP contribution in [0.5, 0.6) is 0 Å². The first-order valence-electron chi connectivity index (χ1n) is 8.39. The molecule has 1 aromatic carbocycles. The summed E-state index contributed by atoms with van der Waals surface area (Å²) in [6.07, 6.45) is 3.09. The molecule has 2 aliphatic heterocycles. The first kappa shape index (κ1) is 15.3. The molecule has 3 atom stereocenters. The highest BCUT2D eigenvalue weighted by atomic mass is 19.1. The van der Waals surface area contributed by atoms with Gasteiger partial charge in [-0.25, -0.2) is 4.39 Å². The predicted octanol–water partition coefficient (Wildman–Crippen LogP) is 2.07. The van der Waals surface area contributed by atoms with Gasteiger partial charge in [-0.15, -0.1) is 0 Å². The molecule has 3 aliphatic rings. The van der Waals surface area contributed by atoms with Gasteiger partial charge in [-0.3, -0.25) is 5.41 Å². The zero-order chi connectivity index (χ0) is 17.0. The van der Waals surface area contributed by atoms with Crippen LogP contribution in [0.4, 0.5) is 15.9 Å². The number of benzene rings is 1. The molecule has 3 fully saturated rings. The smallest absolute Gasteiger partial charge is 0.132 e. The number of aromatic nitrogens is 1. The van der Waals surface area contributed by atoms with Crippen molar-refractivity contribution in [3.8, 4) is 0 Å². The van der Waals surface area contributed by atoms with Crippen LogP contribution in [0.15, 0.2) is 12.1 Å². The molecular formula is C17H23FN6. The van der Waals surface area contributed by atoms with Gasteiger partial charge in [0.25, 0.3) is 0 Å². The molecule has 7 N–H and O–H groups in total. The Balaban J connectivity index is 1.78. The number of nitrogen functional groups attached to an aromatic ring is 1. The number of piperidine rings is 2. The van der Waals surface area contributed by atoms with Crippen molar-refractivity contribution >= 4 is 28.2 Å². The Bertz CT molecular complexity index is 813. The van der Waals surface area contributed by atoms with Crippen LogP contribution in [0, 0.1) is 17.1 Å². The van der Waals surface area contributed by atoms with Crippen molar-refractivity contribution in [3.63, 3.8) is 0 Å². The van der Waals surface area contributed by atoms with Gasteiger partial charge in [-0.05, 0) is 37.3 Å². The molecule has 3 unspecified atom stereocenters. The van der Waals surface area contributed by atoms with Crippen LogP contribution in [-0.4, -0.2) is 41.4 Å². The summed E-state index contributed by atoms with van der Waals surface area (Å²) in [5, 5.41) is 12.3. The van der Waals surface area contributed by atoms with E-state index >= 15 is 0 Å². The Labute approximate surface area is 139 Å². The number of hydrogen-bond donors (Lipinski definition) is 5. The van der Waals surface area contributed by atoms with Crippen molar-refractivity contribution in [3.05, 3.63) is 23.5 Å². The molecule has 24 heavy (non-hydrogen) atoms. The highest BCUT2D eigenvalue weighted by Crippen LogP contribution is 2.38. The van der Waals surface area contributed by atoms with Gasteiger partial charge in [0.05, 0.1) is 16.8 Å². The number of H-pyrrole nitrogens is 1. The molecule has 1 aliphatic carbocycles. The van der Waals surface area contributed by atoms with E-state index in [2.05, 4.69) is 15.2 Å². The molecule has 2 aromatic rings. The zero-order valence-electron chi connectivity index (χ0n) is 13.7. The van der Waals surface area contributed by atoms with Gasteiger partial charge < -0.3 is 26.7 Å². The summed E-state index contributed by atoms with van der Waals surface area (Å²) in [5.74, 6) is 0.851. The third kappa shape index (κ3) is 2.15. The van der Waals surface area contributed by atoms with Gasteiger partial charge in [-0.1, -0.05) is 0 Å². The van der Waals surface area contributed by atoms with Crippen molar-refractivity contribution in [2.45, 2.75) is 31.3 Å². The van der Waals surface area contributed by atoms with E-state index in [9.17, 15) is 4.39 Å². The number of rotatable bonds is 2. The van der Waals surface area contributed by atoms with E-state index in [1.165, 1.54) is 12.1 Å². The second-order valence-corrected chi connectivity index (χ2v) is 6.93. The van der Waals surface area contributed by atoms with Crippen LogP contribution < -0.4 is 16.8 Å². The summed E-state index contributed by atoms with van der Waals surface area (Å²) < 4.78 is 14.0. The standard InChI is InChI=1S/C17H23FN6/c1-22-13-5-9(18)4-11-14(16(20)23-15(11)13)17(21)24-7-8-2-3-10(24)6-12(8)19/h4-5,8,10,12,21-23H,2-3,6-7,19-20H2,1H3. The lowest BCUT2D eigenvalue weighted by Gasteiger charge is -2.49. The zero-order valence-corrected chi connectivity index (χ0v) is 13.7.